The molecule has 0 radical (unpaired) electrons. The third kappa shape index (κ3) is 8.87. The third-order valence-electron chi connectivity index (χ3n) is 18.5. The lowest BCUT2D eigenvalue weighted by molar-refractivity contribution is -0.157. The van der Waals surface area contributed by atoms with E-state index in [9.17, 15) is 14.4 Å². The lowest BCUT2D eigenvalue weighted by atomic mass is 9.55. The number of Topliss-reactive ketones (excluding diaryl/α,β-unsaturated/α-hetero) is 1. The lowest BCUT2D eigenvalue weighted by Gasteiger charge is -2.54. The van der Waals surface area contributed by atoms with E-state index in [1.165, 1.54) is 6.20 Å². The first-order valence-electron chi connectivity index (χ1n) is 24.5. The Kier molecular flexibility index (Phi) is 14.7. The van der Waals surface area contributed by atoms with Gasteiger partial charge in [0.05, 0.1) is 17.6 Å². The minimum Gasteiger partial charge on any atom is -0.347 e. The summed E-state index contributed by atoms with van der Waals surface area (Å²) < 4.78 is 0. The Morgan fingerprint density at radius 3 is 2.05 bits per heavy atom. The Morgan fingerprint density at radius 2 is 1.50 bits per heavy atom. The smallest absolute Gasteiger partial charge is 0.289 e. The Hall–Kier alpha value is -3.90. The molecule has 3 unspecified atom stereocenters. The maximum absolute atomic E-state index is 16.3. The van der Waals surface area contributed by atoms with Gasteiger partial charge >= 0.3 is 0 Å². The van der Waals surface area contributed by atoms with Gasteiger partial charge in [0.15, 0.2) is 0 Å². The van der Waals surface area contributed by atoms with Crippen molar-refractivity contribution >= 4 is 35.3 Å². The number of rotatable bonds is 17. The number of aromatic nitrogens is 2. The van der Waals surface area contributed by atoms with Gasteiger partial charge in [-0.2, -0.15) is 0 Å². The topological polar surface area (TPSA) is 180 Å². The Labute approximate surface area is 384 Å². The molecule has 13 heteroatoms. The van der Waals surface area contributed by atoms with Crippen molar-refractivity contribution in [2.24, 2.45) is 44.8 Å². The molecule has 0 spiro atoms. The van der Waals surface area contributed by atoms with Crippen LogP contribution in [0.2, 0.25) is 0 Å². The number of carbonyl (C=O) groups is 6. The van der Waals surface area contributed by atoms with Crippen LogP contribution in [0.5, 0.6) is 0 Å². The minimum absolute atomic E-state index is 0.0338. The summed E-state index contributed by atoms with van der Waals surface area (Å²) in [5.74, 6) is -3.40. The first-order chi connectivity index (χ1) is 29.6. The van der Waals surface area contributed by atoms with Crippen molar-refractivity contribution in [1.82, 2.24) is 36.1 Å². The quantitative estimate of drug-likeness (QED) is 0.116. The molecule has 0 aromatic carbocycles. The van der Waals surface area contributed by atoms with Crippen molar-refractivity contribution in [3.8, 4) is 0 Å². The molecule has 1 aliphatic heterocycles. The number of nitrogens with one attached hydrogen (secondary N) is 4. The fourth-order valence-electron chi connectivity index (χ4n) is 12.2. The SMILES string of the molecule is CCCC(C)(C)[C@H](NC(=O)[C@@H]1[C@H]2CCC(C)[C@@]2(C)C(C)N1C(=O)[C@@](C)(NC(=O)[C@@H](NC(=O)c1cnc(C)c(C)n1)[C@]1(C)CCCCC1(C)C)C(C)(CC)C(C)C)C(=O)C(=O)NC1CC1. The van der Waals surface area contributed by atoms with Crippen molar-refractivity contribution in [1.29, 1.82) is 0 Å². The molecule has 3 aliphatic carbocycles. The van der Waals surface area contributed by atoms with Crippen LogP contribution >= 0.6 is 0 Å². The zero-order valence-electron chi connectivity index (χ0n) is 42.3. The fraction of sp³-hybridized carbons (Fsp3) is 0.804. The number of aryl methyl sites for hydroxylation is 2. The molecule has 3 saturated carbocycles. The third-order valence-corrected chi connectivity index (χ3v) is 18.5. The molecule has 4 N–H and O–H groups in total. The normalized spacial score (nSPS) is 29.4. The summed E-state index contributed by atoms with van der Waals surface area (Å²) in [6.07, 6.45) is 9.86. The van der Waals surface area contributed by atoms with E-state index >= 15 is 14.4 Å². The lowest BCUT2D eigenvalue weighted by Crippen LogP contribution is -2.72. The van der Waals surface area contributed by atoms with Crippen LogP contribution in [0.25, 0.3) is 0 Å². The molecule has 4 aliphatic rings. The predicted octanol–water partition coefficient (Wildman–Crippen LogP) is 7.56. The second-order valence-corrected chi connectivity index (χ2v) is 23.0. The number of hydrogen-bond acceptors (Lipinski definition) is 8. The van der Waals surface area contributed by atoms with Crippen molar-refractivity contribution in [3.63, 3.8) is 0 Å². The number of carbonyl (C=O) groups excluding carboxylic acids is 6. The highest BCUT2D eigenvalue weighted by Gasteiger charge is 2.67. The highest BCUT2D eigenvalue weighted by molar-refractivity contribution is 6.38. The Balaban J connectivity index is 1.63. The van der Waals surface area contributed by atoms with E-state index in [2.05, 4.69) is 79.7 Å². The number of likely N-dealkylation sites (tertiary alicyclic amines) is 1. The molecule has 64 heavy (non-hydrogen) atoms. The van der Waals surface area contributed by atoms with Gasteiger partial charge in [0, 0.05) is 22.9 Å². The molecule has 5 rings (SSSR count). The molecular formula is C51H83N7O6. The first-order valence-corrected chi connectivity index (χ1v) is 24.5. The maximum Gasteiger partial charge on any atom is 0.289 e. The summed E-state index contributed by atoms with van der Waals surface area (Å²) in [5.41, 5.74) is -3.32. The average Bonchev–Trinajstić information content (AvgIpc) is 3.95. The molecule has 5 amide bonds. The number of amides is 5. The average molecular weight is 890 g/mol. The van der Waals surface area contributed by atoms with Crippen LogP contribution in [-0.4, -0.2) is 85.9 Å². The molecule has 0 bridgehead atoms. The van der Waals surface area contributed by atoms with Gasteiger partial charge in [-0.3, -0.25) is 33.8 Å². The monoisotopic (exact) mass is 890 g/mol. The zero-order chi connectivity index (χ0) is 48.1. The van der Waals surface area contributed by atoms with E-state index < -0.39 is 80.8 Å². The number of nitrogens with zero attached hydrogens (tertiary/aromatic N) is 3. The molecule has 10 atom stereocenters. The van der Waals surface area contributed by atoms with Crippen molar-refractivity contribution in [2.45, 2.75) is 217 Å². The first kappa shape index (κ1) is 51.1. The summed E-state index contributed by atoms with van der Waals surface area (Å²) in [6.45, 7) is 32.1. The van der Waals surface area contributed by atoms with Gasteiger partial charge in [-0.05, 0) is 113 Å². The highest BCUT2D eigenvalue weighted by atomic mass is 16.2. The minimum atomic E-state index is -1.59. The van der Waals surface area contributed by atoms with Crippen LogP contribution in [0.3, 0.4) is 0 Å². The van der Waals surface area contributed by atoms with Crippen LogP contribution in [0.1, 0.15) is 189 Å². The maximum atomic E-state index is 16.3. The molecule has 1 saturated heterocycles. The standard InChI is InChI=1S/C51H83N7O6/c1-17-25-46(9,10)39(38(59)43(62)54-34-22-23-34)55-42(61)37-35-24-21-30(5)50(35,15)33(8)58(37)45(64)51(16,48(13,18-2)29(3)4)57-44(63)40(49(14)27-20-19-26-47(49,11)12)56-41(60)36-28-52-31(6)32(7)53-36/h28-30,33-35,37,39-40H,17-27H2,1-16H3,(H,54,62)(H,55,61)(H,56,60)(H,57,63)/t30?,33?,35-,37+,39-,40-,48?,49+,50+,51-/m1/s1. The summed E-state index contributed by atoms with van der Waals surface area (Å²) in [7, 11) is 0. The second kappa shape index (κ2) is 18.4. The van der Waals surface area contributed by atoms with Gasteiger partial charge < -0.3 is 26.2 Å². The molecule has 2 heterocycles. The van der Waals surface area contributed by atoms with E-state index in [0.29, 0.717) is 37.1 Å². The van der Waals surface area contributed by atoms with Crippen molar-refractivity contribution < 1.29 is 28.8 Å². The van der Waals surface area contributed by atoms with Gasteiger partial charge in [-0.1, -0.05) is 102 Å². The van der Waals surface area contributed by atoms with Crippen LogP contribution in [-0.2, 0) is 24.0 Å². The van der Waals surface area contributed by atoms with Gasteiger partial charge in [0.2, 0.25) is 23.5 Å². The number of ketones is 1. The van der Waals surface area contributed by atoms with Gasteiger partial charge in [0.25, 0.3) is 11.8 Å². The Morgan fingerprint density at radius 1 is 0.875 bits per heavy atom. The van der Waals surface area contributed by atoms with E-state index in [0.717, 1.165) is 44.9 Å². The second-order valence-electron chi connectivity index (χ2n) is 23.0. The summed E-state index contributed by atoms with van der Waals surface area (Å²) in [4.78, 5) is 99.6. The number of hydrogen-bond donors (Lipinski definition) is 4. The summed E-state index contributed by atoms with van der Waals surface area (Å²) >= 11 is 0. The fourth-order valence-corrected chi connectivity index (χ4v) is 12.2. The predicted molar refractivity (Wildman–Crippen MR) is 250 cm³/mol. The zero-order valence-corrected chi connectivity index (χ0v) is 42.3. The molecule has 1 aromatic heterocycles. The van der Waals surface area contributed by atoms with Gasteiger partial charge in [-0.25, -0.2) is 4.98 Å². The van der Waals surface area contributed by atoms with Crippen LogP contribution < -0.4 is 21.3 Å². The largest absolute Gasteiger partial charge is 0.347 e. The van der Waals surface area contributed by atoms with E-state index in [1.54, 1.807) is 18.7 Å². The van der Waals surface area contributed by atoms with Crippen molar-refractivity contribution in [3.05, 3.63) is 23.3 Å². The van der Waals surface area contributed by atoms with E-state index in [4.69, 9.17) is 0 Å². The van der Waals surface area contributed by atoms with Crippen LogP contribution in [0.15, 0.2) is 6.20 Å². The molecule has 4 fully saturated rings. The number of fused-ring (bicyclic) bond motifs is 1. The molecule has 13 nitrogen and oxygen atoms in total. The summed E-state index contributed by atoms with van der Waals surface area (Å²) in [6, 6.07) is -3.61. The van der Waals surface area contributed by atoms with Crippen molar-refractivity contribution in [2.75, 3.05) is 0 Å². The van der Waals surface area contributed by atoms with E-state index in [1.807, 2.05) is 48.5 Å². The van der Waals surface area contributed by atoms with Crippen LogP contribution in [0.4, 0.5) is 0 Å². The van der Waals surface area contributed by atoms with Gasteiger partial charge in [0.1, 0.15) is 29.4 Å². The van der Waals surface area contributed by atoms with Crippen LogP contribution in [0, 0.1) is 58.7 Å². The highest BCUT2D eigenvalue weighted by Crippen LogP contribution is 2.60. The Bertz CT molecular complexity index is 1980. The summed E-state index contributed by atoms with van der Waals surface area (Å²) in [5, 5.41) is 12.4. The molecule has 1 aromatic rings. The molecular weight excluding hydrogens is 807 g/mol. The molecule has 358 valence electrons. The van der Waals surface area contributed by atoms with E-state index in [-0.39, 0.29) is 40.8 Å². The van der Waals surface area contributed by atoms with Gasteiger partial charge in [-0.15, -0.1) is 0 Å².